The first-order valence-electron chi connectivity index (χ1n) is 13.2. The summed E-state index contributed by atoms with van der Waals surface area (Å²) in [5, 5.41) is 23.5. The van der Waals surface area contributed by atoms with Gasteiger partial charge in [0.15, 0.2) is 11.5 Å². The van der Waals surface area contributed by atoms with Crippen molar-refractivity contribution < 1.29 is 47.2 Å². The highest BCUT2D eigenvalue weighted by molar-refractivity contribution is 5.98. The molecule has 4 unspecified atom stereocenters. The molecular formula is C29H29F3N2O7. The summed E-state index contributed by atoms with van der Waals surface area (Å²) in [6, 6.07) is 5.79. The highest BCUT2D eigenvalue weighted by Crippen LogP contribution is 2.51. The number of aliphatic hydroxyl groups excluding tert-OH is 2. The van der Waals surface area contributed by atoms with Gasteiger partial charge in [-0.2, -0.15) is 13.2 Å². The number of benzene rings is 2. The van der Waals surface area contributed by atoms with Gasteiger partial charge in [-0.25, -0.2) is 0 Å². The molecule has 0 saturated heterocycles. The Bertz CT molecular complexity index is 1370. The van der Waals surface area contributed by atoms with Gasteiger partial charge in [-0.1, -0.05) is 0 Å². The second-order valence-corrected chi connectivity index (χ2v) is 10.4. The van der Waals surface area contributed by atoms with Crippen molar-refractivity contribution in [1.82, 2.24) is 10.2 Å². The lowest BCUT2D eigenvalue weighted by Gasteiger charge is -2.41. The lowest BCUT2D eigenvalue weighted by Crippen LogP contribution is -2.56. The summed E-state index contributed by atoms with van der Waals surface area (Å²) in [5.41, 5.74) is -0.0254. The summed E-state index contributed by atoms with van der Waals surface area (Å²) in [7, 11) is 1.39. The number of rotatable bonds is 9. The predicted molar refractivity (Wildman–Crippen MR) is 139 cm³/mol. The normalized spacial score (nSPS) is 23.0. The zero-order chi connectivity index (χ0) is 29.5. The van der Waals surface area contributed by atoms with E-state index in [4.69, 9.17) is 9.47 Å². The SMILES string of the molecule is COc1cc(C=O)cc2c1OC1C2C(C(=O)NCCO)=CC(N(CC2CC2)C(=O)c2ccc(C(F)(F)F)cc2)C1O. The van der Waals surface area contributed by atoms with Crippen LogP contribution >= 0.6 is 0 Å². The molecule has 1 saturated carbocycles. The number of nitrogens with zero attached hydrogens (tertiary/aromatic N) is 1. The lowest BCUT2D eigenvalue weighted by atomic mass is 9.77. The maximum atomic E-state index is 13.7. The Balaban J connectivity index is 1.57. The predicted octanol–water partition coefficient (Wildman–Crippen LogP) is 2.70. The fourth-order valence-electron chi connectivity index (χ4n) is 5.44. The molecule has 9 nitrogen and oxygen atoms in total. The van der Waals surface area contributed by atoms with Gasteiger partial charge in [-0.3, -0.25) is 14.4 Å². The van der Waals surface area contributed by atoms with Crippen LogP contribution in [-0.2, 0) is 11.0 Å². The molecule has 2 aromatic rings. The molecule has 2 aromatic carbocycles. The monoisotopic (exact) mass is 574 g/mol. The number of carbonyl (C=O) groups excluding carboxylic acids is 3. The Morgan fingerprint density at radius 2 is 1.90 bits per heavy atom. The van der Waals surface area contributed by atoms with Crippen LogP contribution in [0.4, 0.5) is 13.2 Å². The van der Waals surface area contributed by atoms with Crippen molar-refractivity contribution >= 4 is 18.1 Å². The first-order chi connectivity index (χ1) is 19.6. The van der Waals surface area contributed by atoms with Crippen LogP contribution in [-0.4, -0.2) is 78.3 Å². The molecule has 41 heavy (non-hydrogen) atoms. The number of aldehydes is 1. The molecule has 0 aromatic heterocycles. The van der Waals surface area contributed by atoms with Crippen molar-refractivity contribution in [2.75, 3.05) is 26.8 Å². The van der Waals surface area contributed by atoms with Crippen molar-refractivity contribution in [3.63, 3.8) is 0 Å². The van der Waals surface area contributed by atoms with Crippen LogP contribution < -0.4 is 14.8 Å². The molecule has 2 amide bonds. The van der Waals surface area contributed by atoms with E-state index >= 15 is 0 Å². The van der Waals surface area contributed by atoms with E-state index in [0.29, 0.717) is 11.8 Å². The second kappa shape index (κ2) is 11.2. The Morgan fingerprint density at radius 3 is 2.49 bits per heavy atom. The number of amides is 2. The fourth-order valence-corrected chi connectivity index (χ4v) is 5.44. The van der Waals surface area contributed by atoms with Crippen LogP contribution in [0.1, 0.15) is 50.6 Å². The highest BCUT2D eigenvalue weighted by Gasteiger charge is 2.52. The van der Waals surface area contributed by atoms with Crippen molar-refractivity contribution in [3.05, 3.63) is 70.3 Å². The number of nitrogens with one attached hydrogen (secondary N) is 1. The number of aliphatic hydroxyl groups is 2. The van der Waals surface area contributed by atoms with Crippen molar-refractivity contribution in [2.45, 2.75) is 43.2 Å². The largest absolute Gasteiger partial charge is 0.493 e. The van der Waals surface area contributed by atoms with E-state index in [0.717, 1.165) is 37.1 Å². The third kappa shape index (κ3) is 5.53. The van der Waals surface area contributed by atoms with E-state index in [-0.39, 0.29) is 53.8 Å². The third-order valence-electron chi connectivity index (χ3n) is 7.64. The molecule has 0 spiro atoms. The van der Waals surface area contributed by atoms with Gasteiger partial charge in [0.25, 0.3) is 5.91 Å². The molecule has 3 N–H and O–H groups in total. The molecule has 2 aliphatic carbocycles. The van der Waals surface area contributed by atoms with Gasteiger partial charge >= 0.3 is 6.18 Å². The smallest absolute Gasteiger partial charge is 0.416 e. The number of alkyl halides is 3. The van der Waals surface area contributed by atoms with Crippen LogP contribution in [0.5, 0.6) is 11.5 Å². The Kier molecular flexibility index (Phi) is 7.80. The van der Waals surface area contributed by atoms with E-state index in [9.17, 15) is 37.8 Å². The van der Waals surface area contributed by atoms with Gasteiger partial charge in [0.1, 0.15) is 18.5 Å². The van der Waals surface area contributed by atoms with E-state index < -0.39 is 47.7 Å². The lowest BCUT2D eigenvalue weighted by molar-refractivity contribution is -0.137. The second-order valence-electron chi connectivity index (χ2n) is 10.4. The highest BCUT2D eigenvalue weighted by atomic mass is 19.4. The fraction of sp³-hybridized carbons (Fsp3) is 0.414. The standard InChI is InChI=1S/C29H29F3N2O7/c1-40-22-11-16(14-36)10-19-23-20(27(38)33-8-9-35)12-21(24(37)26(23)41-25(19)22)34(13-15-2-3-15)28(39)17-4-6-18(7-5-17)29(30,31)32/h4-7,10-12,14-15,21,23-24,26,35,37H,2-3,8-9,13H2,1H3,(H,33,38). The Labute approximate surface area is 233 Å². The first kappa shape index (κ1) is 28.6. The molecule has 5 rings (SSSR count). The van der Waals surface area contributed by atoms with E-state index in [1.165, 1.54) is 24.2 Å². The average molecular weight is 575 g/mol. The molecule has 1 aliphatic heterocycles. The minimum atomic E-state index is -4.57. The molecule has 218 valence electrons. The molecule has 0 bridgehead atoms. The van der Waals surface area contributed by atoms with Gasteiger partial charge in [0.2, 0.25) is 5.91 Å². The maximum absolute atomic E-state index is 13.7. The van der Waals surface area contributed by atoms with Crippen LogP contribution in [0.15, 0.2) is 48.0 Å². The zero-order valence-electron chi connectivity index (χ0n) is 22.1. The van der Waals surface area contributed by atoms with E-state index in [2.05, 4.69) is 5.32 Å². The number of hydrogen-bond acceptors (Lipinski definition) is 7. The topological polar surface area (TPSA) is 125 Å². The summed E-state index contributed by atoms with van der Waals surface area (Å²) in [6.45, 7) is -0.162. The number of halogens is 3. The third-order valence-corrected chi connectivity index (χ3v) is 7.64. The van der Waals surface area contributed by atoms with Crippen LogP contribution in [0.3, 0.4) is 0 Å². The Morgan fingerprint density at radius 1 is 1.20 bits per heavy atom. The van der Waals surface area contributed by atoms with Crippen LogP contribution in [0.25, 0.3) is 0 Å². The summed E-state index contributed by atoms with van der Waals surface area (Å²) in [6.07, 6.45) is -3.19. The quantitative estimate of drug-likeness (QED) is 0.394. The van der Waals surface area contributed by atoms with Gasteiger partial charge < -0.3 is 29.9 Å². The minimum Gasteiger partial charge on any atom is -0.493 e. The van der Waals surface area contributed by atoms with Crippen LogP contribution in [0.2, 0.25) is 0 Å². The number of methoxy groups -OCH3 is 1. The van der Waals surface area contributed by atoms with Crippen molar-refractivity contribution in [3.8, 4) is 11.5 Å². The van der Waals surface area contributed by atoms with Crippen molar-refractivity contribution in [1.29, 1.82) is 0 Å². The maximum Gasteiger partial charge on any atom is 0.416 e. The molecule has 4 atom stereocenters. The van der Waals surface area contributed by atoms with Crippen LogP contribution in [0, 0.1) is 5.92 Å². The van der Waals surface area contributed by atoms with Gasteiger partial charge in [0, 0.05) is 35.4 Å². The van der Waals surface area contributed by atoms with Gasteiger partial charge in [0.05, 0.1) is 31.2 Å². The number of hydrogen-bond donors (Lipinski definition) is 3. The van der Waals surface area contributed by atoms with Gasteiger partial charge in [-0.05, 0) is 61.2 Å². The van der Waals surface area contributed by atoms with Gasteiger partial charge in [-0.15, -0.1) is 0 Å². The molecule has 1 fully saturated rings. The Hall–Kier alpha value is -3.90. The minimum absolute atomic E-state index is 0.000533. The van der Waals surface area contributed by atoms with E-state index in [1.54, 1.807) is 6.07 Å². The molecular weight excluding hydrogens is 545 g/mol. The summed E-state index contributed by atoms with van der Waals surface area (Å²) in [4.78, 5) is 40.1. The average Bonchev–Trinajstić information content (AvgIpc) is 3.71. The number of fused-ring (bicyclic) bond motifs is 3. The zero-order valence-corrected chi connectivity index (χ0v) is 22.1. The summed E-state index contributed by atoms with van der Waals surface area (Å²) in [5.74, 6) is -1.38. The first-order valence-corrected chi connectivity index (χ1v) is 13.2. The summed E-state index contributed by atoms with van der Waals surface area (Å²) < 4.78 is 50.9. The molecule has 3 aliphatic rings. The number of carbonyl (C=O) groups is 3. The molecule has 1 heterocycles. The molecule has 0 radical (unpaired) electrons. The summed E-state index contributed by atoms with van der Waals surface area (Å²) >= 11 is 0. The van der Waals surface area contributed by atoms with E-state index in [1.807, 2.05) is 0 Å². The number of ether oxygens (including phenoxy) is 2. The molecule has 12 heteroatoms. The van der Waals surface area contributed by atoms with Crippen molar-refractivity contribution in [2.24, 2.45) is 5.92 Å².